The molecule has 202 valence electrons. The SMILES string of the molecule is Cc1ncn(C)c1-c1cnc2c3c(F)cc(C(C)(C)O)cc3n(C(c3cccc(F)c3)C3CCOCC3)c2c1. The minimum atomic E-state index is -1.26. The van der Waals surface area contributed by atoms with Gasteiger partial charge in [-0.15, -0.1) is 0 Å². The number of fused-ring (bicyclic) bond motifs is 3. The lowest BCUT2D eigenvalue weighted by molar-refractivity contribution is 0.0552. The molecule has 1 saturated heterocycles. The maximum atomic E-state index is 15.9. The van der Waals surface area contributed by atoms with Crippen LogP contribution >= 0.6 is 0 Å². The van der Waals surface area contributed by atoms with E-state index in [-0.39, 0.29) is 17.8 Å². The fourth-order valence-electron chi connectivity index (χ4n) is 6.07. The second kappa shape index (κ2) is 9.54. The van der Waals surface area contributed by atoms with Crippen LogP contribution in [-0.2, 0) is 17.4 Å². The van der Waals surface area contributed by atoms with Gasteiger partial charge in [-0.2, -0.15) is 0 Å². The van der Waals surface area contributed by atoms with E-state index in [9.17, 15) is 9.50 Å². The molecule has 6 nitrogen and oxygen atoms in total. The number of nitrogens with zero attached hydrogens (tertiary/aromatic N) is 4. The van der Waals surface area contributed by atoms with Gasteiger partial charge in [0.15, 0.2) is 0 Å². The maximum absolute atomic E-state index is 15.9. The fraction of sp³-hybridized carbons (Fsp3) is 0.355. The Morgan fingerprint density at radius 1 is 1.05 bits per heavy atom. The molecule has 0 aliphatic carbocycles. The van der Waals surface area contributed by atoms with Gasteiger partial charge < -0.3 is 19.0 Å². The van der Waals surface area contributed by atoms with Crippen LogP contribution in [0.25, 0.3) is 33.2 Å². The molecule has 4 heterocycles. The van der Waals surface area contributed by atoms with Gasteiger partial charge in [0.1, 0.15) is 11.6 Å². The van der Waals surface area contributed by atoms with Crippen molar-refractivity contribution in [2.45, 2.75) is 45.3 Å². The van der Waals surface area contributed by atoms with Crippen molar-refractivity contribution in [1.29, 1.82) is 0 Å². The number of aryl methyl sites for hydroxylation is 2. The van der Waals surface area contributed by atoms with E-state index in [1.165, 1.54) is 12.1 Å². The number of aromatic nitrogens is 4. The molecule has 1 unspecified atom stereocenters. The number of pyridine rings is 1. The van der Waals surface area contributed by atoms with Gasteiger partial charge in [0.05, 0.1) is 51.3 Å². The molecule has 0 spiro atoms. The Morgan fingerprint density at radius 3 is 2.49 bits per heavy atom. The van der Waals surface area contributed by atoms with Crippen LogP contribution in [0.2, 0.25) is 0 Å². The highest BCUT2D eigenvalue weighted by Crippen LogP contribution is 2.43. The standard InChI is InChI=1S/C31H32F2N4O2/c1-18-29(36(4)17-35-18)21-13-26-28(34-16-21)27-24(33)14-22(31(2,3)38)15-25(27)37(26)30(19-8-10-39-11-9-19)20-6-5-7-23(32)12-20/h5-7,12-17,19,30,38H,8-11H2,1-4H3. The highest BCUT2D eigenvalue weighted by Gasteiger charge is 2.32. The second-order valence-electron chi connectivity index (χ2n) is 11.1. The van der Waals surface area contributed by atoms with Crippen LogP contribution in [0, 0.1) is 24.5 Å². The molecule has 1 aliphatic rings. The van der Waals surface area contributed by atoms with Gasteiger partial charge >= 0.3 is 0 Å². The van der Waals surface area contributed by atoms with E-state index in [0.29, 0.717) is 35.2 Å². The predicted molar refractivity (Wildman–Crippen MR) is 147 cm³/mol. The van der Waals surface area contributed by atoms with Crippen molar-refractivity contribution < 1.29 is 18.6 Å². The number of benzene rings is 2. The van der Waals surface area contributed by atoms with E-state index in [4.69, 9.17) is 9.72 Å². The number of aliphatic hydroxyl groups is 1. The maximum Gasteiger partial charge on any atom is 0.135 e. The zero-order chi connectivity index (χ0) is 27.5. The van der Waals surface area contributed by atoms with Crippen molar-refractivity contribution in [3.05, 3.63) is 83.4 Å². The van der Waals surface area contributed by atoms with Gasteiger partial charge in [-0.05, 0) is 81.0 Å². The van der Waals surface area contributed by atoms with Crippen LogP contribution in [0.4, 0.5) is 8.78 Å². The molecule has 0 saturated carbocycles. The van der Waals surface area contributed by atoms with Crippen LogP contribution in [0.1, 0.15) is 49.6 Å². The third kappa shape index (κ3) is 4.41. The number of hydrogen-bond donors (Lipinski definition) is 1. The minimum Gasteiger partial charge on any atom is -0.386 e. The van der Waals surface area contributed by atoms with E-state index < -0.39 is 11.4 Å². The number of imidazole rings is 1. The number of rotatable bonds is 5. The summed E-state index contributed by atoms with van der Waals surface area (Å²) in [5.41, 5.74) is 4.55. The van der Waals surface area contributed by atoms with Crippen molar-refractivity contribution in [1.82, 2.24) is 19.1 Å². The number of ether oxygens (including phenoxy) is 1. The van der Waals surface area contributed by atoms with Crippen LogP contribution in [-0.4, -0.2) is 37.4 Å². The Morgan fingerprint density at radius 2 is 1.82 bits per heavy atom. The highest BCUT2D eigenvalue weighted by molar-refractivity contribution is 6.07. The quantitative estimate of drug-likeness (QED) is 0.285. The Bertz CT molecular complexity index is 1670. The highest BCUT2D eigenvalue weighted by atomic mass is 19.1. The van der Waals surface area contributed by atoms with Gasteiger partial charge in [0.2, 0.25) is 0 Å². The first-order valence-electron chi connectivity index (χ1n) is 13.3. The summed E-state index contributed by atoms with van der Waals surface area (Å²) < 4.78 is 40.3. The lowest BCUT2D eigenvalue weighted by Crippen LogP contribution is -2.27. The smallest absolute Gasteiger partial charge is 0.135 e. The molecule has 6 rings (SSSR count). The summed E-state index contributed by atoms with van der Waals surface area (Å²) in [5.74, 6) is -0.649. The van der Waals surface area contributed by atoms with Crippen LogP contribution in [0.15, 0.2) is 55.0 Å². The molecule has 2 aromatic carbocycles. The Hall–Kier alpha value is -3.62. The number of halogens is 2. The third-order valence-electron chi connectivity index (χ3n) is 7.97. The zero-order valence-electron chi connectivity index (χ0n) is 22.6. The molecule has 39 heavy (non-hydrogen) atoms. The van der Waals surface area contributed by atoms with Crippen molar-refractivity contribution in [3.63, 3.8) is 0 Å². The van der Waals surface area contributed by atoms with Crippen molar-refractivity contribution in [2.75, 3.05) is 13.2 Å². The average molecular weight is 531 g/mol. The molecule has 1 N–H and O–H groups in total. The van der Waals surface area contributed by atoms with E-state index in [1.807, 2.05) is 36.7 Å². The largest absolute Gasteiger partial charge is 0.386 e. The molecule has 1 aliphatic heterocycles. The summed E-state index contributed by atoms with van der Waals surface area (Å²) in [6.07, 6.45) is 5.08. The van der Waals surface area contributed by atoms with Crippen molar-refractivity contribution in [3.8, 4) is 11.3 Å². The van der Waals surface area contributed by atoms with Gasteiger partial charge in [-0.3, -0.25) is 4.98 Å². The molecule has 0 radical (unpaired) electrons. The first-order valence-corrected chi connectivity index (χ1v) is 13.3. The number of hydrogen-bond acceptors (Lipinski definition) is 4. The summed E-state index contributed by atoms with van der Waals surface area (Å²) in [6.45, 7) is 6.44. The molecule has 1 fully saturated rings. The van der Waals surface area contributed by atoms with Crippen LogP contribution in [0.5, 0.6) is 0 Å². The van der Waals surface area contributed by atoms with Crippen molar-refractivity contribution in [2.24, 2.45) is 13.0 Å². The molecule has 3 aromatic heterocycles. The molecule has 8 heteroatoms. The first kappa shape index (κ1) is 25.6. The average Bonchev–Trinajstić information content (AvgIpc) is 3.40. The predicted octanol–water partition coefficient (Wildman–Crippen LogP) is 6.42. The third-order valence-corrected chi connectivity index (χ3v) is 7.97. The molecule has 0 bridgehead atoms. The normalized spacial score (nSPS) is 15.9. The van der Waals surface area contributed by atoms with E-state index in [0.717, 1.165) is 40.9 Å². The van der Waals surface area contributed by atoms with Crippen LogP contribution in [0.3, 0.4) is 0 Å². The Balaban J connectivity index is 1.73. The molecular weight excluding hydrogens is 498 g/mol. The van der Waals surface area contributed by atoms with Crippen molar-refractivity contribution >= 4 is 21.9 Å². The van der Waals surface area contributed by atoms with Gasteiger partial charge in [0.25, 0.3) is 0 Å². The summed E-state index contributed by atoms with van der Waals surface area (Å²) >= 11 is 0. The second-order valence-corrected chi connectivity index (χ2v) is 11.1. The molecular formula is C31H32F2N4O2. The molecule has 0 amide bonds. The topological polar surface area (TPSA) is 65.1 Å². The fourth-order valence-corrected chi connectivity index (χ4v) is 6.07. The van der Waals surface area contributed by atoms with E-state index in [2.05, 4.69) is 9.55 Å². The van der Waals surface area contributed by atoms with Crippen LogP contribution < -0.4 is 0 Å². The summed E-state index contributed by atoms with van der Waals surface area (Å²) in [5, 5.41) is 11.2. The lowest BCUT2D eigenvalue weighted by atomic mass is 9.86. The van der Waals surface area contributed by atoms with E-state index >= 15 is 4.39 Å². The minimum absolute atomic E-state index is 0.121. The van der Waals surface area contributed by atoms with E-state index in [1.54, 1.807) is 38.5 Å². The molecule has 1 atom stereocenters. The first-order chi connectivity index (χ1) is 18.6. The monoisotopic (exact) mass is 530 g/mol. The Kier molecular flexibility index (Phi) is 6.27. The summed E-state index contributed by atoms with van der Waals surface area (Å²) in [7, 11) is 1.93. The van der Waals surface area contributed by atoms with Gasteiger partial charge in [0, 0.05) is 32.0 Å². The molecule has 5 aromatic rings. The zero-order valence-corrected chi connectivity index (χ0v) is 22.6. The van der Waals surface area contributed by atoms with Gasteiger partial charge in [-0.25, -0.2) is 13.8 Å². The Labute approximate surface area is 225 Å². The van der Waals surface area contributed by atoms with Gasteiger partial charge in [-0.1, -0.05) is 12.1 Å². The summed E-state index contributed by atoms with van der Waals surface area (Å²) in [4.78, 5) is 9.24. The lowest BCUT2D eigenvalue weighted by Gasteiger charge is -2.33. The summed E-state index contributed by atoms with van der Waals surface area (Å²) in [6, 6.07) is 11.6.